The molecule has 1 N–H and O–H groups in total. The zero-order valence-electron chi connectivity index (χ0n) is 8.44. The van der Waals surface area contributed by atoms with Crippen molar-refractivity contribution in [2.75, 3.05) is 14.2 Å². The van der Waals surface area contributed by atoms with E-state index >= 15 is 0 Å². The van der Waals surface area contributed by atoms with E-state index < -0.39 is 0 Å². The van der Waals surface area contributed by atoms with E-state index in [1.54, 1.807) is 14.2 Å². The zero-order chi connectivity index (χ0) is 10.6. The Kier molecular flexibility index (Phi) is 3.34. The van der Waals surface area contributed by atoms with Crippen molar-refractivity contribution in [1.82, 2.24) is 0 Å². The van der Waals surface area contributed by atoms with Crippen LogP contribution in [0.25, 0.3) is 0 Å². The van der Waals surface area contributed by atoms with Crippen LogP contribution in [0.2, 0.25) is 0 Å². The molecule has 0 fully saturated rings. The van der Waals surface area contributed by atoms with Crippen LogP contribution in [-0.4, -0.2) is 25.6 Å². The van der Waals surface area contributed by atoms with Gasteiger partial charge in [0.05, 0.1) is 26.0 Å². The Balaban J connectivity index is 3.32. The van der Waals surface area contributed by atoms with Crippen molar-refractivity contribution in [2.24, 2.45) is 5.16 Å². The van der Waals surface area contributed by atoms with Gasteiger partial charge in [0.1, 0.15) is 11.5 Å². The van der Waals surface area contributed by atoms with Crippen molar-refractivity contribution in [3.8, 4) is 11.5 Å². The number of aryl methyl sites for hydroxylation is 1. The van der Waals surface area contributed by atoms with Gasteiger partial charge in [0.2, 0.25) is 0 Å². The third-order valence-corrected chi connectivity index (χ3v) is 1.88. The summed E-state index contributed by atoms with van der Waals surface area (Å²) in [6.45, 7) is 1.94. The summed E-state index contributed by atoms with van der Waals surface area (Å²) in [7, 11) is 3.12. The Morgan fingerprint density at radius 3 is 2.07 bits per heavy atom. The largest absolute Gasteiger partial charge is 0.496 e. The van der Waals surface area contributed by atoms with Gasteiger partial charge in [0.15, 0.2) is 0 Å². The molecule has 4 heteroatoms. The molecule has 1 aromatic rings. The van der Waals surface area contributed by atoms with Crippen LogP contribution in [0.15, 0.2) is 17.3 Å². The highest BCUT2D eigenvalue weighted by Crippen LogP contribution is 2.28. The molecule has 0 heterocycles. The molecule has 0 atom stereocenters. The Morgan fingerprint density at radius 1 is 1.21 bits per heavy atom. The molecule has 1 aromatic carbocycles. The normalized spacial score (nSPS) is 10.5. The van der Waals surface area contributed by atoms with Crippen LogP contribution in [-0.2, 0) is 0 Å². The van der Waals surface area contributed by atoms with Crippen LogP contribution in [0, 0.1) is 6.92 Å². The molecule has 0 radical (unpaired) electrons. The van der Waals surface area contributed by atoms with Crippen LogP contribution in [0.3, 0.4) is 0 Å². The Hall–Kier alpha value is -1.71. The molecule has 0 aliphatic heterocycles. The first-order valence-electron chi connectivity index (χ1n) is 4.13. The molecule has 0 aromatic heterocycles. The number of methoxy groups -OCH3 is 2. The quantitative estimate of drug-likeness (QED) is 0.454. The third kappa shape index (κ3) is 1.96. The van der Waals surface area contributed by atoms with E-state index in [0.29, 0.717) is 17.1 Å². The minimum Gasteiger partial charge on any atom is -0.496 e. The number of rotatable bonds is 3. The molecule has 0 saturated heterocycles. The SMILES string of the molecule is COc1cc(C)cc(OC)c1C=NO. The number of ether oxygens (including phenoxy) is 2. The van der Waals surface area contributed by atoms with E-state index in [0.717, 1.165) is 5.56 Å². The first-order chi connectivity index (χ1) is 6.72. The highest BCUT2D eigenvalue weighted by molar-refractivity contribution is 5.87. The van der Waals surface area contributed by atoms with Crippen LogP contribution in [0.1, 0.15) is 11.1 Å². The first kappa shape index (κ1) is 10.4. The zero-order valence-corrected chi connectivity index (χ0v) is 8.44. The molecule has 0 spiro atoms. The molecule has 0 aliphatic rings. The highest BCUT2D eigenvalue weighted by Gasteiger charge is 2.08. The van der Waals surface area contributed by atoms with Gasteiger partial charge in [-0.05, 0) is 24.6 Å². The summed E-state index contributed by atoms with van der Waals surface area (Å²) in [5.41, 5.74) is 1.65. The molecule has 0 saturated carbocycles. The van der Waals surface area contributed by atoms with Crippen molar-refractivity contribution in [1.29, 1.82) is 0 Å². The predicted molar refractivity (Wildman–Crippen MR) is 53.7 cm³/mol. The van der Waals surface area contributed by atoms with E-state index in [1.807, 2.05) is 19.1 Å². The maximum atomic E-state index is 8.49. The molecule has 0 amide bonds. The fourth-order valence-electron chi connectivity index (χ4n) is 1.25. The summed E-state index contributed by atoms with van der Waals surface area (Å²) in [5, 5.41) is 11.5. The molecule has 0 unspecified atom stereocenters. The lowest BCUT2D eigenvalue weighted by atomic mass is 10.1. The van der Waals surface area contributed by atoms with Gasteiger partial charge < -0.3 is 14.7 Å². The van der Waals surface area contributed by atoms with E-state index in [4.69, 9.17) is 14.7 Å². The standard InChI is InChI=1S/C10H13NO3/c1-7-4-9(13-2)8(6-11-12)10(5-7)14-3/h4-6,12H,1-3H3. The average Bonchev–Trinajstić information content (AvgIpc) is 2.20. The molecule has 0 aliphatic carbocycles. The molecule has 76 valence electrons. The molecule has 0 bridgehead atoms. The van der Waals surface area contributed by atoms with Crippen molar-refractivity contribution in [2.45, 2.75) is 6.92 Å². The van der Waals surface area contributed by atoms with Crippen molar-refractivity contribution < 1.29 is 14.7 Å². The highest BCUT2D eigenvalue weighted by atomic mass is 16.5. The van der Waals surface area contributed by atoms with E-state index in [2.05, 4.69) is 5.16 Å². The summed E-state index contributed by atoms with van der Waals surface area (Å²) in [5.74, 6) is 1.25. The van der Waals surface area contributed by atoms with E-state index in [9.17, 15) is 0 Å². The first-order valence-corrected chi connectivity index (χ1v) is 4.13. The molecular formula is C10H13NO3. The van der Waals surface area contributed by atoms with Gasteiger partial charge in [-0.15, -0.1) is 0 Å². The number of hydrogen-bond donors (Lipinski definition) is 1. The second-order valence-corrected chi connectivity index (χ2v) is 2.83. The molecule has 14 heavy (non-hydrogen) atoms. The third-order valence-electron chi connectivity index (χ3n) is 1.88. The van der Waals surface area contributed by atoms with Gasteiger partial charge in [0.25, 0.3) is 0 Å². The van der Waals surface area contributed by atoms with Crippen molar-refractivity contribution in [3.05, 3.63) is 23.3 Å². The van der Waals surface area contributed by atoms with Crippen molar-refractivity contribution in [3.63, 3.8) is 0 Å². The summed E-state index contributed by atoms with van der Waals surface area (Å²) >= 11 is 0. The summed E-state index contributed by atoms with van der Waals surface area (Å²) in [4.78, 5) is 0. The monoisotopic (exact) mass is 195 g/mol. The topological polar surface area (TPSA) is 51.0 Å². The van der Waals surface area contributed by atoms with Gasteiger partial charge in [-0.3, -0.25) is 0 Å². The fraction of sp³-hybridized carbons (Fsp3) is 0.300. The average molecular weight is 195 g/mol. The van der Waals surface area contributed by atoms with Gasteiger partial charge in [0, 0.05) is 0 Å². The number of benzene rings is 1. The van der Waals surface area contributed by atoms with Gasteiger partial charge >= 0.3 is 0 Å². The fourth-order valence-corrected chi connectivity index (χ4v) is 1.25. The Labute approximate surface area is 82.8 Å². The van der Waals surface area contributed by atoms with Crippen LogP contribution in [0.4, 0.5) is 0 Å². The Bertz CT molecular complexity index is 322. The van der Waals surface area contributed by atoms with Gasteiger partial charge in [-0.1, -0.05) is 5.16 Å². The maximum Gasteiger partial charge on any atom is 0.131 e. The minimum absolute atomic E-state index is 0.625. The lowest BCUT2D eigenvalue weighted by molar-refractivity contribution is 0.321. The second kappa shape index (κ2) is 4.50. The lowest BCUT2D eigenvalue weighted by Gasteiger charge is -2.10. The predicted octanol–water partition coefficient (Wildman–Crippen LogP) is 1.82. The van der Waals surface area contributed by atoms with Crippen molar-refractivity contribution >= 4 is 6.21 Å². The van der Waals surface area contributed by atoms with E-state index in [1.165, 1.54) is 6.21 Å². The molecular weight excluding hydrogens is 182 g/mol. The lowest BCUT2D eigenvalue weighted by Crippen LogP contribution is -1.96. The van der Waals surface area contributed by atoms with E-state index in [-0.39, 0.29) is 0 Å². The summed E-state index contributed by atoms with van der Waals surface area (Å²) in [6, 6.07) is 3.69. The number of oxime groups is 1. The summed E-state index contributed by atoms with van der Waals surface area (Å²) in [6.07, 6.45) is 1.29. The minimum atomic E-state index is 0.625. The van der Waals surface area contributed by atoms with Gasteiger partial charge in [-0.25, -0.2) is 0 Å². The molecule has 4 nitrogen and oxygen atoms in total. The number of hydrogen-bond acceptors (Lipinski definition) is 4. The smallest absolute Gasteiger partial charge is 0.131 e. The Morgan fingerprint density at radius 2 is 1.71 bits per heavy atom. The second-order valence-electron chi connectivity index (χ2n) is 2.83. The molecule has 1 rings (SSSR count). The van der Waals surface area contributed by atoms with Gasteiger partial charge in [-0.2, -0.15) is 0 Å². The maximum absolute atomic E-state index is 8.49. The van der Waals surface area contributed by atoms with Crippen LogP contribution in [0.5, 0.6) is 11.5 Å². The summed E-state index contributed by atoms with van der Waals surface area (Å²) < 4.78 is 10.3. The number of nitrogens with zero attached hydrogens (tertiary/aromatic N) is 1. The van der Waals surface area contributed by atoms with Crippen LogP contribution < -0.4 is 9.47 Å². The van der Waals surface area contributed by atoms with Crippen LogP contribution >= 0.6 is 0 Å².